The van der Waals surface area contributed by atoms with Crippen molar-refractivity contribution in [3.8, 4) is 5.75 Å². The number of amides is 1. The number of aromatic nitrogens is 2. The Bertz CT molecular complexity index is 960. The number of carbonyl (C=O) groups excluding carboxylic acids is 1. The minimum atomic E-state index is -0.186. The van der Waals surface area contributed by atoms with E-state index in [0.29, 0.717) is 22.5 Å². The number of nitrogens with one attached hydrogen (secondary N) is 1. The van der Waals surface area contributed by atoms with Crippen LogP contribution < -0.4 is 10.1 Å². The van der Waals surface area contributed by atoms with Crippen LogP contribution in [0.4, 0.5) is 5.69 Å². The first-order chi connectivity index (χ1) is 12.4. The van der Waals surface area contributed by atoms with Crippen LogP contribution in [0.3, 0.4) is 0 Å². The van der Waals surface area contributed by atoms with E-state index in [2.05, 4.69) is 15.3 Å². The van der Waals surface area contributed by atoms with E-state index in [0.717, 1.165) is 22.3 Å². The highest BCUT2D eigenvalue weighted by Crippen LogP contribution is 2.32. The molecule has 5 heteroatoms. The average Bonchev–Trinajstić information content (AvgIpc) is 2.57. The fourth-order valence-electron chi connectivity index (χ4n) is 3.01. The molecule has 26 heavy (non-hydrogen) atoms. The van der Waals surface area contributed by atoms with E-state index < -0.39 is 0 Å². The van der Waals surface area contributed by atoms with Gasteiger partial charge in [0.05, 0.1) is 28.6 Å². The number of para-hydroxylation sites is 1. The van der Waals surface area contributed by atoms with Crippen molar-refractivity contribution in [3.05, 3.63) is 59.0 Å². The number of hydrogen-bond acceptors (Lipinski definition) is 4. The SMILES string of the molecule is Cc1ccnc(C)c1C(=O)Nc1cccc2c(OC(C)C)c(C)cnc12. The number of pyridine rings is 2. The van der Waals surface area contributed by atoms with E-state index in [1.54, 1.807) is 12.4 Å². The van der Waals surface area contributed by atoms with Crippen molar-refractivity contribution < 1.29 is 9.53 Å². The molecule has 0 fully saturated rings. The maximum absolute atomic E-state index is 12.8. The third-order valence-electron chi connectivity index (χ3n) is 4.20. The average molecular weight is 349 g/mol. The largest absolute Gasteiger partial charge is 0.490 e. The first-order valence-corrected chi connectivity index (χ1v) is 8.67. The van der Waals surface area contributed by atoms with Crippen LogP contribution in [0.1, 0.15) is 41.0 Å². The van der Waals surface area contributed by atoms with E-state index >= 15 is 0 Å². The molecule has 134 valence electrons. The lowest BCUT2D eigenvalue weighted by Gasteiger charge is -2.16. The molecule has 2 aromatic heterocycles. The van der Waals surface area contributed by atoms with Gasteiger partial charge in [0.2, 0.25) is 0 Å². The van der Waals surface area contributed by atoms with Gasteiger partial charge in [-0.15, -0.1) is 0 Å². The zero-order valence-electron chi connectivity index (χ0n) is 15.8. The van der Waals surface area contributed by atoms with Crippen molar-refractivity contribution in [2.24, 2.45) is 0 Å². The second kappa shape index (κ2) is 7.12. The standard InChI is InChI=1S/C21H23N3O2/c1-12(2)26-20-14(4)11-23-19-16(20)7-6-8-17(19)24-21(25)18-13(3)9-10-22-15(18)5/h6-12H,1-5H3,(H,24,25). The van der Waals surface area contributed by atoms with E-state index in [-0.39, 0.29) is 12.0 Å². The Kier molecular flexibility index (Phi) is 4.89. The molecule has 0 aliphatic rings. The lowest BCUT2D eigenvalue weighted by molar-refractivity contribution is 0.102. The molecule has 3 rings (SSSR count). The van der Waals surface area contributed by atoms with Gasteiger partial charge in [0.15, 0.2) is 0 Å². The lowest BCUT2D eigenvalue weighted by Crippen LogP contribution is -2.16. The van der Waals surface area contributed by atoms with Gasteiger partial charge in [-0.05, 0) is 58.4 Å². The van der Waals surface area contributed by atoms with Crippen molar-refractivity contribution in [1.29, 1.82) is 0 Å². The molecule has 3 aromatic rings. The second-order valence-electron chi connectivity index (χ2n) is 6.68. The van der Waals surface area contributed by atoms with Crippen LogP contribution in [-0.2, 0) is 0 Å². The number of fused-ring (bicyclic) bond motifs is 1. The maximum Gasteiger partial charge on any atom is 0.257 e. The Balaban J connectivity index is 2.05. The normalized spacial score (nSPS) is 11.0. The predicted octanol–water partition coefficient (Wildman–Crippen LogP) is 4.59. The van der Waals surface area contributed by atoms with Gasteiger partial charge in [0.1, 0.15) is 5.75 Å². The summed E-state index contributed by atoms with van der Waals surface area (Å²) in [6.07, 6.45) is 3.54. The number of anilines is 1. The van der Waals surface area contributed by atoms with E-state index in [9.17, 15) is 4.79 Å². The number of ether oxygens (including phenoxy) is 1. The van der Waals surface area contributed by atoms with Gasteiger partial charge < -0.3 is 10.1 Å². The Morgan fingerprint density at radius 3 is 2.54 bits per heavy atom. The molecule has 1 aromatic carbocycles. The van der Waals surface area contributed by atoms with Crippen molar-refractivity contribution in [2.45, 2.75) is 40.7 Å². The first-order valence-electron chi connectivity index (χ1n) is 8.67. The molecule has 5 nitrogen and oxygen atoms in total. The number of rotatable bonds is 4. The van der Waals surface area contributed by atoms with Gasteiger partial charge in [-0.2, -0.15) is 0 Å². The zero-order valence-corrected chi connectivity index (χ0v) is 15.8. The molecule has 1 N–H and O–H groups in total. The van der Waals surface area contributed by atoms with Gasteiger partial charge in [0, 0.05) is 23.3 Å². The number of nitrogens with zero attached hydrogens (tertiary/aromatic N) is 2. The molecule has 2 heterocycles. The Labute approximate surface area is 153 Å². The molecule has 0 aliphatic heterocycles. The number of carbonyl (C=O) groups is 1. The van der Waals surface area contributed by atoms with Crippen LogP contribution in [0.15, 0.2) is 36.7 Å². The van der Waals surface area contributed by atoms with Crippen LogP contribution in [0, 0.1) is 20.8 Å². The topological polar surface area (TPSA) is 64.1 Å². The Morgan fingerprint density at radius 2 is 1.85 bits per heavy atom. The monoisotopic (exact) mass is 349 g/mol. The summed E-state index contributed by atoms with van der Waals surface area (Å²) in [6, 6.07) is 7.54. The van der Waals surface area contributed by atoms with E-state index in [1.165, 1.54) is 0 Å². The Hall–Kier alpha value is -2.95. The van der Waals surface area contributed by atoms with Crippen LogP contribution in [0.25, 0.3) is 10.9 Å². The van der Waals surface area contributed by atoms with Gasteiger partial charge in [-0.3, -0.25) is 14.8 Å². The highest BCUT2D eigenvalue weighted by molar-refractivity contribution is 6.10. The summed E-state index contributed by atoms with van der Waals surface area (Å²) < 4.78 is 5.98. The number of benzene rings is 1. The van der Waals surface area contributed by atoms with E-state index in [4.69, 9.17) is 4.74 Å². The smallest absolute Gasteiger partial charge is 0.257 e. The third kappa shape index (κ3) is 3.38. The van der Waals surface area contributed by atoms with Crippen LogP contribution in [0.5, 0.6) is 5.75 Å². The molecule has 0 atom stereocenters. The summed E-state index contributed by atoms with van der Waals surface area (Å²) in [7, 11) is 0. The molecule has 0 aliphatic carbocycles. The highest BCUT2D eigenvalue weighted by Gasteiger charge is 2.16. The summed E-state index contributed by atoms with van der Waals surface area (Å²) in [4.78, 5) is 21.6. The van der Waals surface area contributed by atoms with Gasteiger partial charge in [-0.1, -0.05) is 6.07 Å². The van der Waals surface area contributed by atoms with Gasteiger partial charge in [-0.25, -0.2) is 0 Å². The van der Waals surface area contributed by atoms with Crippen molar-refractivity contribution in [2.75, 3.05) is 5.32 Å². The summed E-state index contributed by atoms with van der Waals surface area (Å²) in [6.45, 7) is 9.69. The second-order valence-corrected chi connectivity index (χ2v) is 6.68. The van der Waals surface area contributed by atoms with Crippen molar-refractivity contribution in [1.82, 2.24) is 9.97 Å². The van der Waals surface area contributed by atoms with Crippen molar-refractivity contribution >= 4 is 22.5 Å². The van der Waals surface area contributed by atoms with Crippen LogP contribution in [0.2, 0.25) is 0 Å². The maximum atomic E-state index is 12.8. The van der Waals surface area contributed by atoms with Gasteiger partial charge >= 0.3 is 0 Å². The highest BCUT2D eigenvalue weighted by atomic mass is 16.5. The summed E-state index contributed by atoms with van der Waals surface area (Å²) in [5.74, 6) is 0.615. The zero-order chi connectivity index (χ0) is 18.8. The number of hydrogen-bond donors (Lipinski definition) is 1. The molecule has 0 unspecified atom stereocenters. The fourth-order valence-corrected chi connectivity index (χ4v) is 3.01. The summed E-state index contributed by atoms with van der Waals surface area (Å²) in [5, 5.41) is 3.87. The van der Waals surface area contributed by atoms with Crippen LogP contribution in [-0.4, -0.2) is 22.0 Å². The Morgan fingerprint density at radius 1 is 1.08 bits per heavy atom. The molecule has 0 radical (unpaired) electrons. The van der Waals surface area contributed by atoms with Gasteiger partial charge in [0.25, 0.3) is 5.91 Å². The van der Waals surface area contributed by atoms with Crippen LogP contribution >= 0.6 is 0 Å². The molecular weight excluding hydrogens is 326 g/mol. The summed E-state index contributed by atoms with van der Waals surface area (Å²) >= 11 is 0. The lowest BCUT2D eigenvalue weighted by atomic mass is 10.1. The van der Waals surface area contributed by atoms with Crippen molar-refractivity contribution in [3.63, 3.8) is 0 Å². The third-order valence-corrected chi connectivity index (χ3v) is 4.20. The van der Waals surface area contributed by atoms with E-state index in [1.807, 2.05) is 58.9 Å². The number of aryl methyl sites for hydroxylation is 3. The molecule has 0 spiro atoms. The fraction of sp³-hybridized carbons (Fsp3) is 0.286. The molecule has 0 saturated heterocycles. The molecule has 0 saturated carbocycles. The quantitative estimate of drug-likeness (QED) is 0.748. The molecule has 0 bridgehead atoms. The molecule has 1 amide bonds. The predicted molar refractivity (Wildman–Crippen MR) is 104 cm³/mol. The minimum absolute atomic E-state index is 0.0539. The first kappa shape index (κ1) is 17.9. The summed E-state index contributed by atoms with van der Waals surface area (Å²) in [5.41, 5.74) is 4.52. The minimum Gasteiger partial charge on any atom is -0.490 e. The molecular formula is C21H23N3O2.